The number of furan rings is 1. The fourth-order valence-electron chi connectivity index (χ4n) is 3.00. The lowest BCUT2D eigenvalue weighted by Gasteiger charge is -2.06. The molecule has 0 bridgehead atoms. The topological polar surface area (TPSA) is 89.3 Å². The van der Waals surface area contributed by atoms with Gasteiger partial charge in [0.1, 0.15) is 22.1 Å². The Morgan fingerprint density at radius 3 is 2.62 bits per heavy atom. The minimum absolute atomic E-state index is 0.0601. The third kappa shape index (κ3) is 4.06. The molecule has 0 fully saturated rings. The van der Waals surface area contributed by atoms with Crippen LogP contribution in [0.3, 0.4) is 0 Å². The van der Waals surface area contributed by atoms with E-state index in [2.05, 4.69) is 10.3 Å². The summed E-state index contributed by atoms with van der Waals surface area (Å²) in [5, 5.41) is 3.77. The van der Waals surface area contributed by atoms with E-state index in [1.165, 1.54) is 23.5 Å². The number of hydrogen-bond acceptors (Lipinski definition) is 6. The highest BCUT2D eigenvalue weighted by Crippen LogP contribution is 2.33. The number of anilines is 1. The van der Waals surface area contributed by atoms with Crippen LogP contribution < -0.4 is 5.32 Å². The van der Waals surface area contributed by atoms with Gasteiger partial charge in [-0.05, 0) is 30.3 Å². The molecule has 4 aromatic rings. The summed E-state index contributed by atoms with van der Waals surface area (Å²) >= 11 is 1.20. The van der Waals surface area contributed by atoms with Gasteiger partial charge in [0.05, 0.1) is 11.3 Å². The van der Waals surface area contributed by atoms with Crippen molar-refractivity contribution >= 4 is 43.1 Å². The van der Waals surface area contributed by atoms with E-state index in [-0.39, 0.29) is 17.3 Å². The zero-order chi connectivity index (χ0) is 20.6. The summed E-state index contributed by atoms with van der Waals surface area (Å²) in [6.07, 6.45) is 1.10. The highest BCUT2D eigenvalue weighted by molar-refractivity contribution is 7.89. The molecule has 29 heavy (non-hydrogen) atoms. The lowest BCUT2D eigenvalue weighted by molar-refractivity contribution is 0.0998. The van der Waals surface area contributed by atoms with Gasteiger partial charge >= 0.3 is 0 Å². The van der Waals surface area contributed by atoms with Crippen molar-refractivity contribution in [2.45, 2.75) is 5.75 Å². The monoisotopic (exact) mass is 430 g/mol. The number of nitrogens with one attached hydrogen (secondary N) is 1. The molecule has 2 aromatic carbocycles. The van der Waals surface area contributed by atoms with E-state index < -0.39 is 15.7 Å². The predicted octanol–water partition coefficient (Wildman–Crippen LogP) is 4.49. The molecule has 2 heterocycles. The summed E-state index contributed by atoms with van der Waals surface area (Å²) in [5.41, 5.74) is 3.44. The van der Waals surface area contributed by atoms with Crippen molar-refractivity contribution in [2.75, 3.05) is 11.6 Å². The molecule has 4 rings (SSSR count). The Labute approximate surface area is 169 Å². The second kappa shape index (κ2) is 7.41. The van der Waals surface area contributed by atoms with Crippen LogP contribution in [-0.2, 0) is 15.6 Å². The van der Waals surface area contributed by atoms with Crippen LogP contribution in [0.15, 0.2) is 58.5 Å². The summed E-state index contributed by atoms with van der Waals surface area (Å²) in [4.78, 5) is 17.2. The molecule has 148 valence electrons. The standard InChI is InChI=1S/C20H15FN2O4S2/c1-29(25,26)10-15-14-4-2-3-5-16(14)27-18(15)19(24)23-20-17(22-11-28-20)12-6-8-13(21)9-7-12/h2-9,11H,10H2,1H3,(H,23,24). The van der Waals surface area contributed by atoms with Crippen LogP contribution in [-0.4, -0.2) is 25.6 Å². The van der Waals surface area contributed by atoms with E-state index in [4.69, 9.17) is 4.42 Å². The Balaban J connectivity index is 1.72. The maximum atomic E-state index is 13.2. The molecule has 6 nitrogen and oxygen atoms in total. The van der Waals surface area contributed by atoms with Crippen molar-refractivity contribution in [2.24, 2.45) is 0 Å². The molecule has 0 unspecified atom stereocenters. The van der Waals surface area contributed by atoms with Gasteiger partial charge in [-0.15, -0.1) is 11.3 Å². The van der Waals surface area contributed by atoms with Crippen LogP contribution in [0.4, 0.5) is 9.39 Å². The molecule has 0 saturated heterocycles. The largest absolute Gasteiger partial charge is 0.451 e. The number of thiazole rings is 1. The number of halogens is 1. The van der Waals surface area contributed by atoms with Gasteiger partial charge in [-0.1, -0.05) is 18.2 Å². The fraction of sp³-hybridized carbons (Fsp3) is 0.100. The van der Waals surface area contributed by atoms with E-state index in [0.717, 1.165) is 6.26 Å². The maximum Gasteiger partial charge on any atom is 0.292 e. The number of sulfone groups is 1. The lowest BCUT2D eigenvalue weighted by atomic mass is 10.1. The Bertz CT molecular complexity index is 1310. The number of para-hydroxylation sites is 1. The first-order valence-corrected chi connectivity index (χ1v) is 11.4. The molecule has 1 amide bonds. The first-order chi connectivity index (χ1) is 13.8. The highest BCUT2D eigenvalue weighted by atomic mass is 32.2. The van der Waals surface area contributed by atoms with Gasteiger partial charge in [0, 0.05) is 22.8 Å². The van der Waals surface area contributed by atoms with Gasteiger partial charge < -0.3 is 9.73 Å². The zero-order valence-electron chi connectivity index (χ0n) is 15.2. The van der Waals surface area contributed by atoms with E-state index in [0.29, 0.717) is 32.8 Å². The first kappa shape index (κ1) is 19.3. The minimum atomic E-state index is -3.40. The Hall–Kier alpha value is -3.04. The Morgan fingerprint density at radius 2 is 1.90 bits per heavy atom. The lowest BCUT2D eigenvalue weighted by Crippen LogP contribution is -2.14. The third-order valence-electron chi connectivity index (χ3n) is 4.22. The summed E-state index contributed by atoms with van der Waals surface area (Å²) < 4.78 is 42.6. The Kier molecular flexibility index (Phi) is 4.93. The van der Waals surface area contributed by atoms with Crippen LogP contribution in [0.5, 0.6) is 0 Å². The number of carbonyl (C=O) groups excluding carboxylic acids is 1. The number of carbonyl (C=O) groups is 1. The van der Waals surface area contributed by atoms with Crippen molar-refractivity contribution in [3.8, 4) is 11.3 Å². The van der Waals surface area contributed by atoms with Crippen LogP contribution in [0, 0.1) is 5.82 Å². The van der Waals surface area contributed by atoms with Crippen LogP contribution in [0.1, 0.15) is 16.1 Å². The molecule has 0 atom stereocenters. The molecule has 0 aliphatic rings. The summed E-state index contributed by atoms with van der Waals surface area (Å²) in [5.74, 6) is -1.33. The van der Waals surface area contributed by atoms with E-state index in [9.17, 15) is 17.6 Å². The van der Waals surface area contributed by atoms with Gasteiger partial charge in [0.25, 0.3) is 5.91 Å². The van der Waals surface area contributed by atoms with Gasteiger partial charge in [-0.3, -0.25) is 4.79 Å². The maximum absolute atomic E-state index is 13.2. The van der Waals surface area contributed by atoms with E-state index in [1.807, 2.05) is 0 Å². The minimum Gasteiger partial charge on any atom is -0.451 e. The number of benzene rings is 2. The average molecular weight is 430 g/mol. The summed E-state index contributed by atoms with van der Waals surface area (Å²) in [6, 6.07) is 12.6. The van der Waals surface area contributed by atoms with Crippen molar-refractivity contribution in [3.63, 3.8) is 0 Å². The summed E-state index contributed by atoms with van der Waals surface area (Å²) in [7, 11) is -3.40. The number of rotatable bonds is 5. The molecule has 0 aliphatic heterocycles. The zero-order valence-corrected chi connectivity index (χ0v) is 16.8. The number of nitrogens with zero attached hydrogens (tertiary/aromatic N) is 1. The predicted molar refractivity (Wildman–Crippen MR) is 110 cm³/mol. The molecular formula is C20H15FN2O4S2. The smallest absolute Gasteiger partial charge is 0.292 e. The van der Waals surface area contributed by atoms with Crippen LogP contribution in [0.25, 0.3) is 22.2 Å². The SMILES string of the molecule is CS(=O)(=O)Cc1c(C(=O)Nc2scnc2-c2ccc(F)cc2)oc2ccccc12. The van der Waals surface area contributed by atoms with Crippen molar-refractivity contribution in [1.29, 1.82) is 0 Å². The number of aromatic nitrogens is 1. The molecule has 2 aromatic heterocycles. The van der Waals surface area contributed by atoms with Gasteiger partial charge in [-0.25, -0.2) is 17.8 Å². The van der Waals surface area contributed by atoms with Crippen LogP contribution in [0.2, 0.25) is 0 Å². The van der Waals surface area contributed by atoms with Gasteiger partial charge in [0.2, 0.25) is 0 Å². The van der Waals surface area contributed by atoms with Gasteiger partial charge in [0.15, 0.2) is 15.6 Å². The van der Waals surface area contributed by atoms with Crippen molar-refractivity contribution < 1.29 is 22.0 Å². The quantitative estimate of drug-likeness (QED) is 0.504. The number of amides is 1. The average Bonchev–Trinajstić information content (AvgIpc) is 3.26. The van der Waals surface area contributed by atoms with E-state index in [1.54, 1.807) is 41.9 Å². The second-order valence-corrected chi connectivity index (χ2v) is 9.46. The molecular weight excluding hydrogens is 415 g/mol. The van der Waals surface area contributed by atoms with E-state index >= 15 is 0 Å². The number of fused-ring (bicyclic) bond motifs is 1. The molecule has 0 spiro atoms. The second-order valence-electron chi connectivity index (χ2n) is 6.47. The fourth-order valence-corrected chi connectivity index (χ4v) is 4.50. The summed E-state index contributed by atoms with van der Waals surface area (Å²) in [6.45, 7) is 0. The first-order valence-electron chi connectivity index (χ1n) is 8.51. The Morgan fingerprint density at radius 1 is 1.17 bits per heavy atom. The van der Waals surface area contributed by atoms with Gasteiger partial charge in [-0.2, -0.15) is 0 Å². The normalized spacial score (nSPS) is 11.7. The molecule has 0 saturated carbocycles. The molecule has 1 N–H and O–H groups in total. The van der Waals surface area contributed by atoms with Crippen LogP contribution >= 0.6 is 11.3 Å². The third-order valence-corrected chi connectivity index (χ3v) is 5.78. The number of hydrogen-bond donors (Lipinski definition) is 1. The molecule has 0 aliphatic carbocycles. The van der Waals surface area contributed by atoms with Crippen molar-refractivity contribution in [1.82, 2.24) is 4.98 Å². The molecule has 0 radical (unpaired) electrons. The highest BCUT2D eigenvalue weighted by Gasteiger charge is 2.24. The van der Waals surface area contributed by atoms with Crippen molar-refractivity contribution in [3.05, 3.63) is 71.2 Å². The molecule has 9 heteroatoms.